The van der Waals surface area contributed by atoms with E-state index in [2.05, 4.69) is 9.69 Å². The van der Waals surface area contributed by atoms with Crippen molar-refractivity contribution in [3.63, 3.8) is 0 Å². The maximum Gasteiger partial charge on any atom is 0.153 e. The fourth-order valence-electron chi connectivity index (χ4n) is 1.22. The van der Waals surface area contributed by atoms with Crippen LogP contribution in [0.4, 0.5) is 10.8 Å². The van der Waals surface area contributed by atoms with Crippen LogP contribution in [0.5, 0.6) is 0 Å². The molecule has 6 heteroatoms. The second-order valence-electron chi connectivity index (χ2n) is 3.14. The molecule has 0 bridgehead atoms. The highest BCUT2D eigenvalue weighted by Crippen LogP contribution is 2.34. The largest absolute Gasteiger partial charge is 0.396 e. The maximum absolute atomic E-state index is 8.62. The van der Waals surface area contributed by atoms with Crippen LogP contribution < -0.4 is 11.1 Å². The predicted octanol–water partition coefficient (Wildman–Crippen LogP) is 2.02. The molecule has 0 aromatic carbocycles. The lowest BCUT2D eigenvalue weighted by atomic mass is 10.2. The fourth-order valence-corrected chi connectivity index (χ4v) is 2.79. The van der Waals surface area contributed by atoms with Crippen molar-refractivity contribution in [2.75, 3.05) is 30.5 Å². The summed E-state index contributed by atoms with van der Waals surface area (Å²) in [4.78, 5) is 1.04. The second kappa shape index (κ2) is 6.92. The number of nitrogens with one attached hydrogen (secondary N) is 1. The normalized spacial score (nSPS) is 10.5. The summed E-state index contributed by atoms with van der Waals surface area (Å²) in [7, 11) is 0. The summed E-state index contributed by atoms with van der Waals surface area (Å²) in [6.45, 7) is 1.19. The van der Waals surface area contributed by atoms with Crippen molar-refractivity contribution in [1.29, 1.82) is 0 Å². The summed E-state index contributed by atoms with van der Waals surface area (Å²) in [6, 6.07) is 0. The Morgan fingerprint density at radius 3 is 2.93 bits per heavy atom. The van der Waals surface area contributed by atoms with E-state index in [4.69, 9.17) is 10.8 Å². The van der Waals surface area contributed by atoms with Gasteiger partial charge in [-0.25, -0.2) is 0 Å². The Balaban J connectivity index is 2.30. The summed E-state index contributed by atoms with van der Waals surface area (Å²) >= 11 is 3.03. The number of unbranched alkanes of at least 4 members (excludes halogenated alkanes) is 2. The number of anilines is 2. The van der Waals surface area contributed by atoms with Gasteiger partial charge in [-0.2, -0.15) is 4.37 Å². The van der Waals surface area contributed by atoms with Crippen LogP contribution in [0.3, 0.4) is 0 Å². The van der Waals surface area contributed by atoms with Crippen molar-refractivity contribution in [2.24, 2.45) is 0 Å². The first-order chi connectivity index (χ1) is 7.29. The molecule has 0 aliphatic rings. The van der Waals surface area contributed by atoms with E-state index >= 15 is 0 Å². The third-order valence-corrected chi connectivity index (χ3v) is 3.77. The van der Waals surface area contributed by atoms with Gasteiger partial charge in [-0.3, -0.25) is 0 Å². The molecule has 1 rings (SSSR count). The molecule has 0 spiro atoms. The molecule has 0 saturated carbocycles. The van der Waals surface area contributed by atoms with Crippen LogP contribution in [0.2, 0.25) is 0 Å². The molecule has 0 aliphatic carbocycles. The van der Waals surface area contributed by atoms with Gasteiger partial charge in [0.15, 0.2) is 5.82 Å². The van der Waals surface area contributed by atoms with Crippen molar-refractivity contribution in [2.45, 2.75) is 24.2 Å². The number of rotatable bonds is 7. The first-order valence-electron chi connectivity index (χ1n) is 4.93. The lowest BCUT2D eigenvalue weighted by Gasteiger charge is -2.04. The van der Waals surface area contributed by atoms with E-state index in [9.17, 15) is 0 Å². The summed E-state index contributed by atoms with van der Waals surface area (Å²) in [5.41, 5.74) is 5.71. The van der Waals surface area contributed by atoms with E-state index in [1.54, 1.807) is 11.8 Å². The number of aromatic nitrogens is 1. The van der Waals surface area contributed by atoms with Gasteiger partial charge in [0.1, 0.15) is 5.00 Å². The van der Waals surface area contributed by atoms with Crippen LogP contribution in [0, 0.1) is 0 Å². The molecule has 4 nitrogen and oxygen atoms in total. The van der Waals surface area contributed by atoms with Crippen LogP contribution >= 0.6 is 23.3 Å². The monoisotopic (exact) mass is 247 g/mol. The number of hydrogen-bond donors (Lipinski definition) is 3. The molecule has 0 radical (unpaired) electrons. The van der Waals surface area contributed by atoms with Crippen LogP contribution in [-0.4, -0.2) is 28.9 Å². The summed E-state index contributed by atoms with van der Waals surface area (Å²) in [5, 5.41) is 13.0. The summed E-state index contributed by atoms with van der Waals surface area (Å²) < 4.78 is 4.10. The zero-order valence-corrected chi connectivity index (χ0v) is 10.5. The zero-order valence-electron chi connectivity index (χ0n) is 8.82. The second-order valence-corrected chi connectivity index (χ2v) is 4.73. The van der Waals surface area contributed by atoms with E-state index in [1.807, 2.05) is 6.26 Å². The van der Waals surface area contributed by atoms with E-state index in [-0.39, 0.29) is 6.61 Å². The van der Waals surface area contributed by atoms with Gasteiger partial charge < -0.3 is 16.2 Å². The molecular formula is C9H17N3OS2. The van der Waals surface area contributed by atoms with Gasteiger partial charge in [0, 0.05) is 13.2 Å². The number of nitrogens with two attached hydrogens (primary N) is 1. The minimum atomic E-state index is 0.281. The van der Waals surface area contributed by atoms with Crippen molar-refractivity contribution >= 4 is 34.1 Å². The third kappa shape index (κ3) is 3.89. The average molecular weight is 247 g/mol. The molecule has 86 valence electrons. The smallest absolute Gasteiger partial charge is 0.153 e. The molecule has 0 fully saturated rings. The molecule has 15 heavy (non-hydrogen) atoms. The highest BCUT2D eigenvalue weighted by molar-refractivity contribution is 7.99. The highest BCUT2D eigenvalue weighted by atomic mass is 32.2. The third-order valence-electron chi connectivity index (χ3n) is 2.00. The molecule has 1 aromatic heterocycles. The maximum atomic E-state index is 8.62. The van der Waals surface area contributed by atoms with Gasteiger partial charge in [0.2, 0.25) is 0 Å². The van der Waals surface area contributed by atoms with Crippen molar-refractivity contribution in [3.8, 4) is 0 Å². The minimum absolute atomic E-state index is 0.281. The Kier molecular flexibility index (Phi) is 5.82. The number of thioether (sulfide) groups is 1. The number of hydrogen-bond acceptors (Lipinski definition) is 6. The molecular weight excluding hydrogens is 230 g/mol. The van der Waals surface area contributed by atoms with Crippen LogP contribution in [0.25, 0.3) is 0 Å². The molecule has 0 amide bonds. The van der Waals surface area contributed by atoms with Gasteiger partial charge in [0.25, 0.3) is 0 Å². The Bertz CT molecular complexity index is 291. The SMILES string of the molecule is CSc1c(N)nsc1NCCCCCO. The lowest BCUT2D eigenvalue weighted by molar-refractivity contribution is 0.283. The Morgan fingerprint density at radius 2 is 2.27 bits per heavy atom. The quantitative estimate of drug-likeness (QED) is 0.508. The zero-order chi connectivity index (χ0) is 11.1. The topological polar surface area (TPSA) is 71.2 Å². The lowest BCUT2D eigenvalue weighted by Crippen LogP contribution is -2.01. The van der Waals surface area contributed by atoms with Crippen LogP contribution in [0.1, 0.15) is 19.3 Å². The average Bonchev–Trinajstić information content (AvgIpc) is 2.59. The number of nitrogens with zero attached hydrogens (tertiary/aromatic N) is 1. The van der Waals surface area contributed by atoms with Crippen molar-refractivity contribution in [3.05, 3.63) is 0 Å². The van der Waals surface area contributed by atoms with Gasteiger partial charge in [0.05, 0.1) is 4.90 Å². The van der Waals surface area contributed by atoms with Crippen LogP contribution in [-0.2, 0) is 0 Å². The molecule has 0 aliphatic heterocycles. The first-order valence-corrected chi connectivity index (χ1v) is 6.93. The molecule has 1 aromatic rings. The summed E-state index contributed by atoms with van der Waals surface area (Å²) in [6.07, 6.45) is 4.98. The Morgan fingerprint density at radius 1 is 1.47 bits per heavy atom. The summed E-state index contributed by atoms with van der Waals surface area (Å²) in [5.74, 6) is 0.616. The van der Waals surface area contributed by atoms with E-state index in [0.29, 0.717) is 5.82 Å². The van der Waals surface area contributed by atoms with Crippen LogP contribution in [0.15, 0.2) is 4.90 Å². The molecule has 0 saturated heterocycles. The van der Waals surface area contributed by atoms with Gasteiger partial charge in [-0.1, -0.05) is 0 Å². The predicted molar refractivity (Wildman–Crippen MR) is 67.7 cm³/mol. The molecule has 4 N–H and O–H groups in total. The van der Waals surface area contributed by atoms with E-state index in [1.165, 1.54) is 11.5 Å². The molecule has 0 unspecified atom stereocenters. The number of nitrogen functional groups attached to an aromatic ring is 1. The standard InChI is InChI=1S/C9H17N3OS2/c1-14-7-8(10)12-15-9(7)11-5-3-2-4-6-13/h11,13H,2-6H2,1H3,(H2,10,12). The molecule has 1 heterocycles. The van der Waals surface area contributed by atoms with Gasteiger partial charge >= 0.3 is 0 Å². The fraction of sp³-hybridized carbons (Fsp3) is 0.667. The van der Waals surface area contributed by atoms with Crippen molar-refractivity contribution in [1.82, 2.24) is 4.37 Å². The van der Waals surface area contributed by atoms with Crippen molar-refractivity contribution < 1.29 is 5.11 Å². The van der Waals surface area contributed by atoms with Gasteiger partial charge in [-0.05, 0) is 37.1 Å². The van der Waals surface area contributed by atoms with E-state index in [0.717, 1.165) is 35.7 Å². The number of aliphatic hydroxyl groups excluding tert-OH is 1. The number of aliphatic hydroxyl groups is 1. The minimum Gasteiger partial charge on any atom is -0.396 e. The molecule has 0 atom stereocenters. The highest BCUT2D eigenvalue weighted by Gasteiger charge is 2.08. The first kappa shape index (κ1) is 12.6. The Labute approximate surface area is 98.4 Å². The Hall–Kier alpha value is -0.460. The van der Waals surface area contributed by atoms with E-state index < -0.39 is 0 Å². The van der Waals surface area contributed by atoms with Gasteiger partial charge in [-0.15, -0.1) is 11.8 Å².